The molecule has 1 aromatic heterocycles. The standard InChI is InChI=1S/C18H21F2N3OS/c1-11(2)9-16(24)23-7-5-12(6-8-23)17-21-22-18(25-17)14-4-3-13(19)10-15(14)20/h3-4,10-12H,5-9H2,1-2H3. The van der Waals surface area contributed by atoms with Gasteiger partial charge < -0.3 is 4.90 Å². The van der Waals surface area contributed by atoms with E-state index in [-0.39, 0.29) is 17.4 Å². The highest BCUT2D eigenvalue weighted by atomic mass is 32.1. The van der Waals surface area contributed by atoms with Crippen molar-refractivity contribution in [3.8, 4) is 10.6 Å². The smallest absolute Gasteiger partial charge is 0.222 e. The number of benzene rings is 1. The Hall–Kier alpha value is -1.89. The minimum absolute atomic E-state index is 0.208. The lowest BCUT2D eigenvalue weighted by atomic mass is 9.97. The van der Waals surface area contributed by atoms with Crippen molar-refractivity contribution in [1.29, 1.82) is 0 Å². The number of piperidine rings is 1. The predicted molar refractivity (Wildman–Crippen MR) is 93.3 cm³/mol. The van der Waals surface area contributed by atoms with Crippen LogP contribution in [0, 0.1) is 17.6 Å². The molecule has 1 aliphatic heterocycles. The van der Waals surface area contributed by atoms with E-state index < -0.39 is 11.6 Å². The zero-order chi connectivity index (χ0) is 18.0. The highest BCUT2D eigenvalue weighted by Gasteiger charge is 2.26. The molecule has 0 spiro atoms. The summed E-state index contributed by atoms with van der Waals surface area (Å²) in [5.74, 6) is -0.430. The molecule has 0 bridgehead atoms. The minimum Gasteiger partial charge on any atom is -0.343 e. The molecule has 4 nitrogen and oxygen atoms in total. The van der Waals surface area contributed by atoms with Crippen LogP contribution in [0.3, 0.4) is 0 Å². The van der Waals surface area contributed by atoms with Crippen molar-refractivity contribution >= 4 is 17.2 Å². The summed E-state index contributed by atoms with van der Waals surface area (Å²) in [6, 6.07) is 3.47. The normalized spacial score (nSPS) is 15.8. The second-order valence-corrected chi connectivity index (χ2v) is 7.83. The maximum atomic E-state index is 13.9. The molecule has 0 atom stereocenters. The van der Waals surface area contributed by atoms with Gasteiger partial charge in [-0.1, -0.05) is 25.2 Å². The Labute approximate surface area is 149 Å². The fourth-order valence-corrected chi connectivity index (χ4v) is 4.06. The SMILES string of the molecule is CC(C)CC(=O)N1CCC(c2nnc(-c3ccc(F)cc3F)s2)CC1. The molecule has 0 radical (unpaired) electrons. The Kier molecular flexibility index (Phi) is 5.42. The predicted octanol–water partition coefficient (Wildman–Crippen LogP) is 4.24. The lowest BCUT2D eigenvalue weighted by molar-refractivity contribution is -0.133. The second-order valence-electron chi connectivity index (χ2n) is 6.82. The van der Waals surface area contributed by atoms with Crippen molar-refractivity contribution in [3.05, 3.63) is 34.8 Å². The van der Waals surface area contributed by atoms with Gasteiger partial charge in [0, 0.05) is 37.1 Å². The molecule has 0 saturated carbocycles. The van der Waals surface area contributed by atoms with Crippen molar-refractivity contribution in [1.82, 2.24) is 15.1 Å². The number of nitrogens with zero attached hydrogens (tertiary/aromatic N) is 3. The highest BCUT2D eigenvalue weighted by molar-refractivity contribution is 7.14. The van der Waals surface area contributed by atoms with Gasteiger partial charge in [0.15, 0.2) is 5.01 Å². The monoisotopic (exact) mass is 365 g/mol. The Morgan fingerprint density at radius 2 is 2.00 bits per heavy atom. The van der Waals surface area contributed by atoms with Crippen LogP contribution in [0.2, 0.25) is 0 Å². The Morgan fingerprint density at radius 3 is 2.64 bits per heavy atom. The van der Waals surface area contributed by atoms with Gasteiger partial charge in [-0.15, -0.1) is 10.2 Å². The van der Waals surface area contributed by atoms with E-state index in [1.54, 1.807) is 0 Å². The fourth-order valence-electron chi connectivity index (χ4n) is 3.03. The van der Waals surface area contributed by atoms with E-state index in [1.165, 1.54) is 23.5 Å². The summed E-state index contributed by atoms with van der Waals surface area (Å²) in [5.41, 5.74) is 0.273. The largest absolute Gasteiger partial charge is 0.343 e. The molecular weight excluding hydrogens is 344 g/mol. The average molecular weight is 365 g/mol. The number of amides is 1. The summed E-state index contributed by atoms with van der Waals surface area (Å²) in [4.78, 5) is 14.0. The first-order valence-corrected chi connectivity index (χ1v) is 9.32. The van der Waals surface area contributed by atoms with Crippen LogP contribution in [-0.2, 0) is 4.79 Å². The van der Waals surface area contributed by atoms with E-state index in [0.29, 0.717) is 17.3 Å². The molecule has 25 heavy (non-hydrogen) atoms. The van der Waals surface area contributed by atoms with Gasteiger partial charge in [0.05, 0.1) is 0 Å². The molecule has 1 aromatic carbocycles. The number of carbonyl (C=O) groups excluding carboxylic acids is 1. The van der Waals surface area contributed by atoms with Crippen molar-refractivity contribution in [2.75, 3.05) is 13.1 Å². The Balaban J connectivity index is 1.65. The second kappa shape index (κ2) is 7.56. The van der Waals surface area contributed by atoms with Gasteiger partial charge in [0.2, 0.25) is 5.91 Å². The number of hydrogen-bond donors (Lipinski definition) is 0. The van der Waals surface area contributed by atoms with Gasteiger partial charge in [-0.05, 0) is 30.9 Å². The topological polar surface area (TPSA) is 46.1 Å². The van der Waals surface area contributed by atoms with E-state index in [1.807, 2.05) is 18.7 Å². The minimum atomic E-state index is -0.628. The lowest BCUT2D eigenvalue weighted by Gasteiger charge is -2.31. The molecule has 1 fully saturated rings. The van der Waals surface area contributed by atoms with Crippen LogP contribution in [0.1, 0.15) is 44.0 Å². The van der Waals surface area contributed by atoms with Crippen molar-refractivity contribution in [3.63, 3.8) is 0 Å². The third-order valence-electron chi connectivity index (χ3n) is 4.38. The van der Waals surface area contributed by atoms with Crippen LogP contribution in [0.15, 0.2) is 18.2 Å². The maximum absolute atomic E-state index is 13.9. The van der Waals surface area contributed by atoms with E-state index in [0.717, 1.165) is 37.0 Å². The molecule has 2 aromatic rings. The molecule has 7 heteroatoms. The third-order valence-corrected chi connectivity index (χ3v) is 5.50. The summed E-state index contributed by atoms with van der Waals surface area (Å²) in [5, 5.41) is 9.59. The van der Waals surface area contributed by atoms with Gasteiger partial charge in [-0.3, -0.25) is 4.79 Å². The molecule has 134 valence electrons. The molecule has 1 aliphatic rings. The lowest BCUT2D eigenvalue weighted by Crippen LogP contribution is -2.38. The van der Waals surface area contributed by atoms with E-state index in [4.69, 9.17) is 0 Å². The highest BCUT2D eigenvalue weighted by Crippen LogP contribution is 2.34. The summed E-state index contributed by atoms with van der Waals surface area (Å²) >= 11 is 1.34. The van der Waals surface area contributed by atoms with E-state index in [9.17, 15) is 13.6 Å². The number of hydrogen-bond acceptors (Lipinski definition) is 4. The quantitative estimate of drug-likeness (QED) is 0.814. The summed E-state index contributed by atoms with van der Waals surface area (Å²) in [6.45, 7) is 5.52. The van der Waals surface area contributed by atoms with Crippen LogP contribution < -0.4 is 0 Å². The zero-order valence-corrected chi connectivity index (χ0v) is 15.2. The molecule has 0 unspecified atom stereocenters. The first-order chi connectivity index (χ1) is 11.9. The fraction of sp³-hybridized carbons (Fsp3) is 0.500. The molecule has 1 saturated heterocycles. The van der Waals surface area contributed by atoms with Gasteiger partial charge in [0.1, 0.15) is 16.6 Å². The zero-order valence-electron chi connectivity index (χ0n) is 14.3. The van der Waals surface area contributed by atoms with Crippen molar-refractivity contribution < 1.29 is 13.6 Å². The Morgan fingerprint density at radius 1 is 1.28 bits per heavy atom. The van der Waals surface area contributed by atoms with E-state index in [2.05, 4.69) is 10.2 Å². The number of aromatic nitrogens is 2. The van der Waals surface area contributed by atoms with Gasteiger partial charge in [-0.2, -0.15) is 0 Å². The van der Waals surface area contributed by atoms with E-state index >= 15 is 0 Å². The van der Waals surface area contributed by atoms with Crippen LogP contribution in [0.4, 0.5) is 8.78 Å². The number of halogens is 2. The first-order valence-electron chi connectivity index (χ1n) is 8.50. The summed E-state index contributed by atoms with van der Waals surface area (Å²) < 4.78 is 26.9. The molecule has 0 aliphatic carbocycles. The van der Waals surface area contributed by atoms with Crippen LogP contribution in [-0.4, -0.2) is 34.1 Å². The number of carbonyl (C=O) groups is 1. The number of likely N-dealkylation sites (tertiary alicyclic amines) is 1. The molecule has 3 rings (SSSR count). The van der Waals surface area contributed by atoms with Crippen molar-refractivity contribution in [2.24, 2.45) is 5.92 Å². The van der Waals surface area contributed by atoms with Gasteiger partial charge >= 0.3 is 0 Å². The van der Waals surface area contributed by atoms with Crippen LogP contribution >= 0.6 is 11.3 Å². The maximum Gasteiger partial charge on any atom is 0.222 e. The van der Waals surface area contributed by atoms with Gasteiger partial charge in [0.25, 0.3) is 0 Å². The summed E-state index contributed by atoms with van der Waals surface area (Å²) in [6.07, 6.45) is 2.26. The van der Waals surface area contributed by atoms with Crippen LogP contribution in [0.25, 0.3) is 10.6 Å². The molecule has 2 heterocycles. The molecular formula is C18H21F2N3OS. The average Bonchev–Trinajstić information content (AvgIpc) is 3.04. The number of rotatable bonds is 4. The third kappa shape index (κ3) is 4.21. The molecule has 0 N–H and O–H groups in total. The Bertz CT molecular complexity index is 755. The molecule has 1 amide bonds. The summed E-state index contributed by atoms with van der Waals surface area (Å²) in [7, 11) is 0. The first kappa shape index (κ1) is 17.9. The van der Waals surface area contributed by atoms with Gasteiger partial charge in [-0.25, -0.2) is 8.78 Å². The van der Waals surface area contributed by atoms with Crippen molar-refractivity contribution in [2.45, 2.75) is 39.0 Å². The van der Waals surface area contributed by atoms with Crippen LogP contribution in [0.5, 0.6) is 0 Å².